The molecule has 0 bridgehead atoms. The third kappa shape index (κ3) is 7.59. The molecule has 1 rings (SSSR count). The van der Waals surface area contributed by atoms with Crippen molar-refractivity contribution in [2.24, 2.45) is 0 Å². The van der Waals surface area contributed by atoms with Crippen molar-refractivity contribution >= 4 is 33.8 Å². The Kier molecular flexibility index (Phi) is 7.46. The molecule has 7 nitrogen and oxygen atoms in total. The largest absolute Gasteiger partial charge is 0.481 e. The number of esters is 1. The Bertz CT molecular complexity index is 595. The smallest absolute Gasteiger partial charge is 0.344 e. The van der Waals surface area contributed by atoms with Gasteiger partial charge in [-0.25, -0.2) is 14.0 Å². The number of halogens is 2. The maximum absolute atomic E-state index is 12.9. The summed E-state index contributed by atoms with van der Waals surface area (Å²) in [5, 5.41) is 4.45. The van der Waals surface area contributed by atoms with Gasteiger partial charge in [0.2, 0.25) is 0 Å². The zero-order valence-corrected chi connectivity index (χ0v) is 14.1. The minimum Gasteiger partial charge on any atom is -0.481 e. The summed E-state index contributed by atoms with van der Waals surface area (Å²) in [5.41, 5.74) is 0. The number of urea groups is 1. The summed E-state index contributed by atoms with van der Waals surface area (Å²) in [7, 11) is 0. The van der Waals surface area contributed by atoms with Gasteiger partial charge in [-0.3, -0.25) is 10.1 Å². The molecule has 0 saturated carbocycles. The molecule has 2 N–H and O–H groups in total. The maximum Gasteiger partial charge on any atom is 0.344 e. The Balaban J connectivity index is 2.31. The van der Waals surface area contributed by atoms with Crippen LogP contribution in [0.5, 0.6) is 5.75 Å². The van der Waals surface area contributed by atoms with E-state index in [9.17, 15) is 18.8 Å². The van der Waals surface area contributed by atoms with Gasteiger partial charge >= 0.3 is 12.0 Å². The predicted octanol–water partition coefficient (Wildman–Crippen LogP) is 1.74. The number of ether oxygens (including phenoxy) is 2. The SMILES string of the molecule is CC(C)NC(=O)NC(=O)COC(=O)COc1ccc(F)cc1Br. The van der Waals surface area contributed by atoms with Crippen molar-refractivity contribution in [3.8, 4) is 5.75 Å². The Hall–Kier alpha value is -2.16. The van der Waals surface area contributed by atoms with E-state index in [1.807, 2.05) is 5.32 Å². The van der Waals surface area contributed by atoms with E-state index in [0.717, 1.165) is 0 Å². The van der Waals surface area contributed by atoms with Crippen LogP contribution in [0.1, 0.15) is 13.8 Å². The number of nitrogens with one attached hydrogen (secondary N) is 2. The van der Waals surface area contributed by atoms with Gasteiger partial charge in [-0.15, -0.1) is 0 Å². The number of amides is 3. The second-order valence-corrected chi connectivity index (χ2v) is 5.55. The Morgan fingerprint density at radius 2 is 1.96 bits per heavy atom. The third-order valence-electron chi connectivity index (χ3n) is 2.28. The van der Waals surface area contributed by atoms with Gasteiger partial charge < -0.3 is 14.8 Å². The molecule has 0 aliphatic rings. The van der Waals surface area contributed by atoms with E-state index in [4.69, 9.17) is 4.74 Å². The molecule has 23 heavy (non-hydrogen) atoms. The number of hydrogen-bond acceptors (Lipinski definition) is 5. The molecule has 1 aromatic rings. The molecule has 126 valence electrons. The average molecular weight is 391 g/mol. The first-order valence-corrected chi connectivity index (χ1v) is 7.41. The van der Waals surface area contributed by atoms with Gasteiger partial charge in [-0.2, -0.15) is 0 Å². The Labute approximate surface area is 140 Å². The molecular weight excluding hydrogens is 375 g/mol. The lowest BCUT2D eigenvalue weighted by atomic mass is 10.3. The summed E-state index contributed by atoms with van der Waals surface area (Å²) >= 11 is 3.08. The zero-order chi connectivity index (χ0) is 17.4. The van der Waals surface area contributed by atoms with E-state index in [1.54, 1.807) is 13.8 Å². The van der Waals surface area contributed by atoms with E-state index in [1.165, 1.54) is 18.2 Å². The van der Waals surface area contributed by atoms with Crippen LogP contribution < -0.4 is 15.4 Å². The first-order chi connectivity index (χ1) is 10.8. The van der Waals surface area contributed by atoms with Crippen LogP contribution in [0, 0.1) is 5.82 Å². The Morgan fingerprint density at radius 3 is 2.57 bits per heavy atom. The molecule has 0 heterocycles. The summed E-state index contributed by atoms with van der Waals surface area (Å²) < 4.78 is 23.0. The summed E-state index contributed by atoms with van der Waals surface area (Å²) in [6, 6.07) is 2.89. The van der Waals surface area contributed by atoms with Crippen LogP contribution in [0.4, 0.5) is 9.18 Å². The molecule has 0 aromatic heterocycles. The van der Waals surface area contributed by atoms with Crippen LogP contribution >= 0.6 is 15.9 Å². The average Bonchev–Trinajstić information content (AvgIpc) is 2.43. The van der Waals surface area contributed by atoms with Gasteiger partial charge in [0, 0.05) is 6.04 Å². The minimum absolute atomic E-state index is 0.132. The molecule has 9 heteroatoms. The molecule has 0 aliphatic carbocycles. The molecule has 0 saturated heterocycles. The van der Waals surface area contributed by atoms with E-state index < -0.39 is 36.9 Å². The van der Waals surface area contributed by atoms with E-state index >= 15 is 0 Å². The predicted molar refractivity (Wildman–Crippen MR) is 82.4 cm³/mol. The quantitative estimate of drug-likeness (QED) is 0.721. The van der Waals surface area contributed by atoms with Crippen LogP contribution in [-0.4, -0.2) is 37.2 Å². The third-order valence-corrected chi connectivity index (χ3v) is 2.90. The van der Waals surface area contributed by atoms with Crippen LogP contribution in [-0.2, 0) is 14.3 Å². The van der Waals surface area contributed by atoms with Crippen molar-refractivity contribution in [2.45, 2.75) is 19.9 Å². The standard InChI is InChI=1S/C14H16BrFN2O5/c1-8(2)17-14(21)18-12(19)6-23-13(20)7-22-11-4-3-9(16)5-10(11)15/h3-5,8H,6-7H2,1-2H3,(H2,17,18,19,21). The van der Waals surface area contributed by atoms with Gasteiger partial charge in [0.05, 0.1) is 4.47 Å². The Morgan fingerprint density at radius 1 is 1.26 bits per heavy atom. The zero-order valence-electron chi connectivity index (χ0n) is 12.5. The van der Waals surface area contributed by atoms with Crippen molar-refractivity contribution in [3.63, 3.8) is 0 Å². The second-order valence-electron chi connectivity index (χ2n) is 4.70. The van der Waals surface area contributed by atoms with E-state index in [0.29, 0.717) is 4.47 Å². The minimum atomic E-state index is -0.805. The molecule has 0 fully saturated rings. The van der Waals surface area contributed by atoms with Crippen LogP contribution in [0.15, 0.2) is 22.7 Å². The molecule has 1 aromatic carbocycles. The fraction of sp³-hybridized carbons (Fsp3) is 0.357. The molecule has 3 amide bonds. The number of imide groups is 1. The number of rotatable bonds is 6. The van der Waals surface area contributed by atoms with Crippen LogP contribution in [0.3, 0.4) is 0 Å². The molecular formula is C14H16BrFN2O5. The van der Waals surface area contributed by atoms with Gasteiger partial charge in [0.15, 0.2) is 13.2 Å². The lowest BCUT2D eigenvalue weighted by Gasteiger charge is -2.10. The van der Waals surface area contributed by atoms with Gasteiger partial charge in [0.1, 0.15) is 11.6 Å². The molecule has 0 aliphatic heterocycles. The van der Waals surface area contributed by atoms with Crippen molar-refractivity contribution < 1.29 is 28.2 Å². The highest BCUT2D eigenvalue weighted by molar-refractivity contribution is 9.10. The van der Waals surface area contributed by atoms with E-state index in [-0.39, 0.29) is 11.8 Å². The number of benzene rings is 1. The molecule has 0 radical (unpaired) electrons. The second kappa shape index (κ2) is 9.09. The number of carbonyl (C=O) groups excluding carboxylic acids is 3. The lowest BCUT2D eigenvalue weighted by molar-refractivity contribution is -0.150. The molecule has 0 unspecified atom stereocenters. The highest BCUT2D eigenvalue weighted by Crippen LogP contribution is 2.25. The van der Waals surface area contributed by atoms with Crippen molar-refractivity contribution in [1.29, 1.82) is 0 Å². The fourth-order valence-corrected chi connectivity index (χ4v) is 1.84. The van der Waals surface area contributed by atoms with Crippen molar-refractivity contribution in [3.05, 3.63) is 28.5 Å². The first-order valence-electron chi connectivity index (χ1n) is 6.61. The number of hydrogen-bond donors (Lipinski definition) is 2. The van der Waals surface area contributed by atoms with Crippen LogP contribution in [0.25, 0.3) is 0 Å². The summed E-state index contributed by atoms with van der Waals surface area (Å²) in [4.78, 5) is 34.1. The monoisotopic (exact) mass is 390 g/mol. The van der Waals surface area contributed by atoms with Gasteiger partial charge in [0.25, 0.3) is 5.91 Å². The summed E-state index contributed by atoms with van der Waals surface area (Å²) in [6.07, 6.45) is 0. The highest BCUT2D eigenvalue weighted by Gasteiger charge is 2.12. The molecule has 0 spiro atoms. The fourth-order valence-electron chi connectivity index (χ4n) is 1.38. The maximum atomic E-state index is 12.9. The summed E-state index contributed by atoms with van der Waals surface area (Å²) in [6.45, 7) is 2.39. The highest BCUT2D eigenvalue weighted by atomic mass is 79.9. The molecule has 0 atom stereocenters. The normalized spacial score (nSPS) is 10.1. The summed E-state index contributed by atoms with van der Waals surface area (Å²) in [5.74, 6) is -1.77. The lowest BCUT2D eigenvalue weighted by Crippen LogP contribution is -2.44. The number of carbonyl (C=O) groups is 3. The van der Waals surface area contributed by atoms with Gasteiger partial charge in [-0.1, -0.05) is 0 Å². The topological polar surface area (TPSA) is 93.7 Å². The first kappa shape index (κ1) is 18.9. The van der Waals surface area contributed by atoms with Crippen LogP contribution in [0.2, 0.25) is 0 Å². The van der Waals surface area contributed by atoms with Crippen molar-refractivity contribution in [1.82, 2.24) is 10.6 Å². The van der Waals surface area contributed by atoms with E-state index in [2.05, 4.69) is 26.0 Å². The van der Waals surface area contributed by atoms with Crippen molar-refractivity contribution in [2.75, 3.05) is 13.2 Å². The van der Waals surface area contributed by atoms with Gasteiger partial charge in [-0.05, 0) is 48.0 Å².